The minimum Gasteiger partial charge on any atom is -0.370 e. The summed E-state index contributed by atoms with van der Waals surface area (Å²) in [5.74, 6) is 3.24. The molecule has 0 amide bonds. The Kier molecular flexibility index (Phi) is 5.09. The van der Waals surface area contributed by atoms with Crippen LogP contribution in [0, 0.1) is 11.8 Å². The van der Waals surface area contributed by atoms with Crippen LogP contribution in [0.3, 0.4) is 0 Å². The maximum Gasteiger partial charge on any atom is 0.128 e. The monoisotopic (exact) mass is 221 g/mol. The smallest absolute Gasteiger partial charge is 0.128 e. The van der Waals surface area contributed by atoms with Crippen LogP contribution in [0.2, 0.25) is 0 Å². The van der Waals surface area contributed by atoms with Crippen molar-refractivity contribution in [3.05, 3.63) is 18.2 Å². The second kappa shape index (κ2) is 6.36. The Morgan fingerprint density at radius 1 is 1.12 bits per heavy atom. The predicted molar refractivity (Wildman–Crippen MR) is 70.9 cm³/mol. The molecule has 3 heteroatoms. The van der Waals surface area contributed by atoms with E-state index in [0.717, 1.165) is 24.7 Å². The van der Waals surface area contributed by atoms with Gasteiger partial charge in [-0.05, 0) is 30.9 Å². The Balaban J connectivity index is 2.50. The van der Waals surface area contributed by atoms with Crippen molar-refractivity contribution in [2.75, 3.05) is 23.7 Å². The van der Waals surface area contributed by atoms with E-state index in [-0.39, 0.29) is 0 Å². The molecule has 0 aromatic carbocycles. The highest BCUT2D eigenvalue weighted by Crippen LogP contribution is 2.13. The van der Waals surface area contributed by atoms with Crippen molar-refractivity contribution >= 4 is 11.6 Å². The van der Waals surface area contributed by atoms with Crippen LogP contribution in [0.5, 0.6) is 0 Å². The van der Waals surface area contributed by atoms with Crippen molar-refractivity contribution in [2.45, 2.75) is 27.7 Å². The van der Waals surface area contributed by atoms with Gasteiger partial charge in [0.05, 0.1) is 0 Å². The lowest BCUT2D eigenvalue weighted by Crippen LogP contribution is -2.17. The summed E-state index contributed by atoms with van der Waals surface area (Å²) in [5.41, 5.74) is 0. The van der Waals surface area contributed by atoms with Crippen LogP contribution in [0.15, 0.2) is 18.2 Å². The van der Waals surface area contributed by atoms with Gasteiger partial charge in [-0.1, -0.05) is 26.8 Å². The molecule has 0 saturated heterocycles. The fraction of sp³-hybridized carbons (Fsp3) is 0.615. The molecule has 1 atom stereocenters. The van der Waals surface area contributed by atoms with Crippen molar-refractivity contribution < 1.29 is 0 Å². The number of anilines is 2. The van der Waals surface area contributed by atoms with Gasteiger partial charge >= 0.3 is 0 Å². The highest BCUT2D eigenvalue weighted by atomic mass is 15.1. The number of rotatable bonds is 6. The minimum atomic E-state index is 0.657. The lowest BCUT2D eigenvalue weighted by Gasteiger charge is -2.16. The summed E-state index contributed by atoms with van der Waals surface area (Å²) >= 11 is 0. The van der Waals surface area contributed by atoms with Crippen LogP contribution in [-0.2, 0) is 0 Å². The largest absolute Gasteiger partial charge is 0.370 e. The Hall–Kier alpha value is -1.25. The minimum absolute atomic E-state index is 0.657. The molecule has 0 aliphatic heterocycles. The van der Waals surface area contributed by atoms with Crippen LogP contribution in [-0.4, -0.2) is 18.1 Å². The molecule has 0 bridgehead atoms. The van der Waals surface area contributed by atoms with Crippen molar-refractivity contribution in [3.8, 4) is 0 Å². The van der Waals surface area contributed by atoms with Gasteiger partial charge in [0, 0.05) is 13.1 Å². The summed E-state index contributed by atoms with van der Waals surface area (Å²) in [6.45, 7) is 10.7. The Morgan fingerprint density at radius 2 is 1.75 bits per heavy atom. The van der Waals surface area contributed by atoms with E-state index in [1.54, 1.807) is 0 Å². The lowest BCUT2D eigenvalue weighted by molar-refractivity contribution is 0.439. The molecule has 3 nitrogen and oxygen atoms in total. The summed E-state index contributed by atoms with van der Waals surface area (Å²) in [6, 6.07) is 6.02. The molecule has 0 fully saturated rings. The number of nitrogens with zero attached hydrogens (tertiary/aromatic N) is 1. The average molecular weight is 221 g/mol. The lowest BCUT2D eigenvalue weighted by atomic mass is 9.98. The standard InChI is InChI=1S/C13H23N3/c1-5-14-12-7-6-8-13(16-12)15-9-11(4)10(2)3/h6-8,10-11H,5,9H2,1-4H3,(H2,14,15,16). The molecule has 90 valence electrons. The van der Waals surface area contributed by atoms with E-state index in [9.17, 15) is 0 Å². The van der Waals surface area contributed by atoms with Crippen molar-refractivity contribution in [2.24, 2.45) is 11.8 Å². The molecule has 1 heterocycles. The predicted octanol–water partition coefficient (Wildman–Crippen LogP) is 3.22. The van der Waals surface area contributed by atoms with Crippen molar-refractivity contribution in [3.63, 3.8) is 0 Å². The summed E-state index contributed by atoms with van der Waals surface area (Å²) in [5, 5.41) is 6.58. The maximum atomic E-state index is 4.47. The molecular formula is C13H23N3. The topological polar surface area (TPSA) is 37.0 Å². The fourth-order valence-electron chi connectivity index (χ4n) is 1.31. The zero-order valence-corrected chi connectivity index (χ0v) is 10.7. The van der Waals surface area contributed by atoms with E-state index in [2.05, 4.69) is 43.3 Å². The molecule has 0 spiro atoms. The number of hydrogen-bond donors (Lipinski definition) is 2. The molecule has 0 saturated carbocycles. The molecule has 1 unspecified atom stereocenters. The molecular weight excluding hydrogens is 198 g/mol. The molecule has 0 aliphatic carbocycles. The highest BCUT2D eigenvalue weighted by molar-refractivity contribution is 5.44. The van der Waals surface area contributed by atoms with E-state index in [1.807, 2.05) is 18.2 Å². The molecule has 0 aliphatic rings. The van der Waals surface area contributed by atoms with Crippen LogP contribution in [0.25, 0.3) is 0 Å². The summed E-state index contributed by atoms with van der Waals surface area (Å²) in [6.07, 6.45) is 0. The van der Waals surface area contributed by atoms with E-state index >= 15 is 0 Å². The highest BCUT2D eigenvalue weighted by Gasteiger charge is 2.06. The Morgan fingerprint density at radius 3 is 2.31 bits per heavy atom. The van der Waals surface area contributed by atoms with Gasteiger partial charge in [0.15, 0.2) is 0 Å². The van der Waals surface area contributed by atoms with Crippen LogP contribution in [0.4, 0.5) is 11.6 Å². The van der Waals surface area contributed by atoms with Crippen molar-refractivity contribution in [1.29, 1.82) is 0 Å². The van der Waals surface area contributed by atoms with E-state index in [1.165, 1.54) is 0 Å². The third-order valence-corrected chi connectivity index (χ3v) is 2.85. The second-order valence-electron chi connectivity index (χ2n) is 4.54. The molecule has 2 N–H and O–H groups in total. The molecule has 16 heavy (non-hydrogen) atoms. The maximum absolute atomic E-state index is 4.47. The van der Waals surface area contributed by atoms with Gasteiger partial charge in [0.25, 0.3) is 0 Å². The number of nitrogens with one attached hydrogen (secondary N) is 2. The Labute approximate surface area is 98.7 Å². The van der Waals surface area contributed by atoms with Gasteiger partial charge < -0.3 is 10.6 Å². The van der Waals surface area contributed by atoms with Gasteiger partial charge in [-0.3, -0.25) is 0 Å². The fourth-order valence-corrected chi connectivity index (χ4v) is 1.31. The summed E-state index contributed by atoms with van der Waals surface area (Å²) in [4.78, 5) is 4.47. The van der Waals surface area contributed by atoms with Gasteiger partial charge in [0.1, 0.15) is 11.6 Å². The molecule has 1 aromatic heterocycles. The van der Waals surface area contributed by atoms with Crippen LogP contribution < -0.4 is 10.6 Å². The SMILES string of the molecule is CCNc1cccc(NCC(C)C(C)C)n1. The van der Waals surface area contributed by atoms with Gasteiger partial charge in [-0.25, -0.2) is 4.98 Å². The summed E-state index contributed by atoms with van der Waals surface area (Å²) < 4.78 is 0. The first kappa shape index (κ1) is 12.8. The third-order valence-electron chi connectivity index (χ3n) is 2.85. The van der Waals surface area contributed by atoms with Gasteiger partial charge in [0.2, 0.25) is 0 Å². The third kappa shape index (κ3) is 4.09. The average Bonchev–Trinajstić information content (AvgIpc) is 2.26. The molecule has 1 aromatic rings. The van der Waals surface area contributed by atoms with E-state index in [4.69, 9.17) is 0 Å². The zero-order valence-electron chi connectivity index (χ0n) is 10.7. The Bertz CT molecular complexity index is 310. The number of pyridine rings is 1. The first-order valence-corrected chi connectivity index (χ1v) is 6.08. The molecule has 0 radical (unpaired) electrons. The number of aromatic nitrogens is 1. The zero-order chi connectivity index (χ0) is 12.0. The normalized spacial score (nSPS) is 12.6. The van der Waals surface area contributed by atoms with Crippen molar-refractivity contribution in [1.82, 2.24) is 4.98 Å². The molecule has 1 rings (SSSR count). The van der Waals surface area contributed by atoms with E-state index in [0.29, 0.717) is 11.8 Å². The quantitative estimate of drug-likeness (QED) is 0.774. The van der Waals surface area contributed by atoms with E-state index < -0.39 is 0 Å². The second-order valence-corrected chi connectivity index (χ2v) is 4.54. The van der Waals surface area contributed by atoms with Gasteiger partial charge in [-0.15, -0.1) is 0 Å². The van der Waals surface area contributed by atoms with Gasteiger partial charge in [-0.2, -0.15) is 0 Å². The first-order valence-electron chi connectivity index (χ1n) is 6.08. The van der Waals surface area contributed by atoms with Crippen LogP contribution >= 0.6 is 0 Å². The van der Waals surface area contributed by atoms with Crippen LogP contribution in [0.1, 0.15) is 27.7 Å². The summed E-state index contributed by atoms with van der Waals surface area (Å²) in [7, 11) is 0. The first-order chi connectivity index (χ1) is 7.63. The number of hydrogen-bond acceptors (Lipinski definition) is 3.